The van der Waals surface area contributed by atoms with Crippen molar-refractivity contribution in [3.8, 4) is 0 Å². The van der Waals surface area contributed by atoms with Crippen molar-refractivity contribution in [3.63, 3.8) is 0 Å². The zero-order valence-corrected chi connectivity index (χ0v) is 15.5. The van der Waals surface area contributed by atoms with Gasteiger partial charge < -0.3 is 4.90 Å². The third-order valence-corrected chi connectivity index (χ3v) is 7.52. The molecule has 2 aliphatic rings. The van der Waals surface area contributed by atoms with E-state index >= 15 is 0 Å². The van der Waals surface area contributed by atoms with Crippen molar-refractivity contribution in [1.82, 2.24) is 9.79 Å². The number of hydroxylamine groups is 1. The van der Waals surface area contributed by atoms with Crippen LogP contribution < -0.4 is 10.4 Å². The lowest BCUT2D eigenvalue weighted by Crippen LogP contribution is -2.51. The van der Waals surface area contributed by atoms with Gasteiger partial charge in [0, 0.05) is 37.9 Å². The Hall–Kier alpha value is -1.90. The van der Waals surface area contributed by atoms with Gasteiger partial charge in [-0.1, -0.05) is 31.0 Å². The number of nitrogens with one attached hydrogen (secondary N) is 1. The van der Waals surface area contributed by atoms with Crippen molar-refractivity contribution in [2.45, 2.75) is 30.9 Å². The zero-order chi connectivity index (χ0) is 18.6. The molecule has 0 radical (unpaired) electrons. The van der Waals surface area contributed by atoms with Crippen LogP contribution in [0.2, 0.25) is 0 Å². The molecule has 2 fully saturated rings. The van der Waals surface area contributed by atoms with Crippen LogP contribution in [0.1, 0.15) is 31.2 Å². The van der Waals surface area contributed by atoms with Crippen LogP contribution in [0.15, 0.2) is 30.3 Å². The van der Waals surface area contributed by atoms with E-state index in [9.17, 15) is 13.2 Å². The Balaban J connectivity index is 1.69. The topological polar surface area (TPSA) is 90.0 Å². The number of amides is 1. The molecule has 1 heterocycles. The molecule has 7 nitrogen and oxygen atoms in total. The van der Waals surface area contributed by atoms with Crippen LogP contribution in [0.5, 0.6) is 0 Å². The summed E-state index contributed by atoms with van der Waals surface area (Å²) in [5, 5.41) is 8.40. The number of para-hydroxylation sites is 1. The van der Waals surface area contributed by atoms with Gasteiger partial charge in [0.1, 0.15) is 0 Å². The molecule has 8 heteroatoms. The van der Waals surface area contributed by atoms with Crippen molar-refractivity contribution in [2.75, 3.05) is 31.1 Å². The standard InChI is InChI=1S/C18H25N3O4S/c22-18(19-23)10-9-15-5-1-4-8-17(15)20-11-13-21(14-12-20)26(24,25)16-6-2-3-7-16/h1,4-5,8-10,16,23H,2-3,6-7,11-14H2,(H,19,22). The summed E-state index contributed by atoms with van der Waals surface area (Å²) in [6.45, 7) is 2.19. The highest BCUT2D eigenvalue weighted by molar-refractivity contribution is 7.89. The summed E-state index contributed by atoms with van der Waals surface area (Å²) in [6.07, 6.45) is 6.48. The Morgan fingerprint density at radius 3 is 2.42 bits per heavy atom. The molecule has 0 atom stereocenters. The minimum atomic E-state index is -3.19. The average Bonchev–Trinajstić information content (AvgIpc) is 3.22. The molecule has 1 aliphatic carbocycles. The second kappa shape index (κ2) is 8.20. The van der Waals surface area contributed by atoms with Gasteiger partial charge in [0.15, 0.2) is 0 Å². The maximum atomic E-state index is 12.7. The molecule has 26 heavy (non-hydrogen) atoms. The molecule has 142 valence electrons. The molecular weight excluding hydrogens is 354 g/mol. The molecule has 1 saturated carbocycles. The van der Waals surface area contributed by atoms with E-state index in [4.69, 9.17) is 5.21 Å². The predicted octanol–water partition coefficient (Wildman–Crippen LogP) is 1.60. The lowest BCUT2D eigenvalue weighted by molar-refractivity contribution is -0.124. The van der Waals surface area contributed by atoms with E-state index in [1.165, 1.54) is 6.08 Å². The number of rotatable bonds is 5. The molecule has 0 unspecified atom stereocenters. The van der Waals surface area contributed by atoms with Gasteiger partial charge in [0.2, 0.25) is 10.0 Å². The van der Waals surface area contributed by atoms with Crippen LogP contribution in [0.25, 0.3) is 6.08 Å². The molecule has 1 amide bonds. The van der Waals surface area contributed by atoms with E-state index in [1.807, 2.05) is 24.3 Å². The number of piperazine rings is 1. The summed E-state index contributed by atoms with van der Waals surface area (Å²) in [5.74, 6) is -0.590. The number of hydrogen-bond donors (Lipinski definition) is 2. The summed E-state index contributed by atoms with van der Waals surface area (Å²) in [5.41, 5.74) is 3.37. The number of carbonyl (C=O) groups excluding carboxylic acids is 1. The average molecular weight is 379 g/mol. The zero-order valence-electron chi connectivity index (χ0n) is 14.7. The van der Waals surface area contributed by atoms with Gasteiger partial charge in [-0.3, -0.25) is 10.0 Å². The van der Waals surface area contributed by atoms with E-state index < -0.39 is 15.9 Å². The van der Waals surface area contributed by atoms with Gasteiger partial charge >= 0.3 is 0 Å². The number of sulfonamides is 1. The largest absolute Gasteiger partial charge is 0.368 e. The van der Waals surface area contributed by atoms with E-state index in [1.54, 1.807) is 15.9 Å². The number of nitrogens with zero attached hydrogens (tertiary/aromatic N) is 2. The Kier molecular flexibility index (Phi) is 5.95. The van der Waals surface area contributed by atoms with Crippen LogP contribution in [-0.4, -0.2) is 55.3 Å². The smallest absolute Gasteiger partial charge is 0.267 e. The van der Waals surface area contributed by atoms with Gasteiger partial charge in [0.25, 0.3) is 5.91 Å². The number of carbonyl (C=O) groups is 1. The van der Waals surface area contributed by atoms with Crippen LogP contribution in [-0.2, 0) is 14.8 Å². The van der Waals surface area contributed by atoms with Crippen LogP contribution >= 0.6 is 0 Å². The molecule has 0 aromatic heterocycles. The third kappa shape index (κ3) is 4.08. The first-order valence-electron chi connectivity index (χ1n) is 8.97. The maximum absolute atomic E-state index is 12.7. The Morgan fingerprint density at radius 2 is 1.77 bits per heavy atom. The minimum absolute atomic E-state index is 0.207. The van der Waals surface area contributed by atoms with Crippen LogP contribution in [0, 0.1) is 0 Å². The SMILES string of the molecule is O=C(C=Cc1ccccc1N1CCN(S(=O)(=O)C2CCCC2)CC1)NO. The van der Waals surface area contributed by atoms with E-state index in [0.717, 1.165) is 36.9 Å². The Morgan fingerprint density at radius 1 is 1.12 bits per heavy atom. The van der Waals surface area contributed by atoms with Crippen molar-refractivity contribution in [2.24, 2.45) is 0 Å². The molecule has 3 rings (SSSR count). The first-order chi connectivity index (χ1) is 12.5. The first-order valence-corrected chi connectivity index (χ1v) is 10.5. The summed E-state index contributed by atoms with van der Waals surface area (Å²) in [6, 6.07) is 7.64. The molecule has 2 N–H and O–H groups in total. The van der Waals surface area contributed by atoms with E-state index in [2.05, 4.69) is 4.90 Å². The lowest BCUT2D eigenvalue weighted by Gasteiger charge is -2.37. The predicted molar refractivity (Wildman–Crippen MR) is 100 cm³/mol. The van der Waals surface area contributed by atoms with Crippen LogP contribution in [0.4, 0.5) is 5.69 Å². The Labute approximate surface area is 154 Å². The minimum Gasteiger partial charge on any atom is -0.368 e. The fourth-order valence-corrected chi connectivity index (χ4v) is 5.72. The van der Waals surface area contributed by atoms with Crippen molar-refractivity contribution in [1.29, 1.82) is 0 Å². The van der Waals surface area contributed by atoms with Crippen molar-refractivity contribution in [3.05, 3.63) is 35.9 Å². The highest BCUT2D eigenvalue weighted by atomic mass is 32.2. The lowest BCUT2D eigenvalue weighted by atomic mass is 10.1. The van der Waals surface area contributed by atoms with Crippen molar-refractivity contribution >= 4 is 27.7 Å². The summed E-state index contributed by atoms with van der Waals surface area (Å²) in [7, 11) is -3.19. The highest BCUT2D eigenvalue weighted by Gasteiger charge is 2.35. The number of anilines is 1. The fourth-order valence-electron chi connectivity index (χ4n) is 3.70. The van der Waals surface area contributed by atoms with E-state index in [0.29, 0.717) is 26.2 Å². The second-order valence-electron chi connectivity index (χ2n) is 6.71. The van der Waals surface area contributed by atoms with E-state index in [-0.39, 0.29) is 5.25 Å². The molecular formula is C18H25N3O4S. The maximum Gasteiger partial charge on any atom is 0.267 e. The quantitative estimate of drug-likeness (QED) is 0.461. The van der Waals surface area contributed by atoms with Gasteiger partial charge in [-0.2, -0.15) is 4.31 Å². The summed E-state index contributed by atoms with van der Waals surface area (Å²) >= 11 is 0. The molecule has 1 saturated heterocycles. The van der Waals surface area contributed by atoms with Gasteiger partial charge in [-0.15, -0.1) is 0 Å². The summed E-state index contributed by atoms with van der Waals surface area (Å²) in [4.78, 5) is 13.4. The highest BCUT2D eigenvalue weighted by Crippen LogP contribution is 2.29. The third-order valence-electron chi connectivity index (χ3n) is 5.12. The second-order valence-corrected chi connectivity index (χ2v) is 8.92. The fraction of sp³-hybridized carbons (Fsp3) is 0.500. The van der Waals surface area contributed by atoms with Crippen molar-refractivity contribution < 1.29 is 18.4 Å². The molecule has 1 aromatic rings. The summed E-state index contributed by atoms with van der Waals surface area (Å²) < 4.78 is 27.1. The number of benzene rings is 1. The Bertz CT molecular complexity index is 764. The molecule has 0 spiro atoms. The molecule has 1 aliphatic heterocycles. The molecule has 1 aromatic carbocycles. The first kappa shape index (κ1) is 18.9. The molecule has 0 bridgehead atoms. The van der Waals surface area contributed by atoms with Gasteiger partial charge in [0.05, 0.1) is 5.25 Å². The number of hydrogen-bond acceptors (Lipinski definition) is 5. The van der Waals surface area contributed by atoms with Crippen LogP contribution in [0.3, 0.4) is 0 Å². The normalized spacial score (nSPS) is 20.0. The van der Waals surface area contributed by atoms with Gasteiger partial charge in [-0.05, 0) is 30.5 Å². The monoisotopic (exact) mass is 379 g/mol. The van der Waals surface area contributed by atoms with Gasteiger partial charge in [-0.25, -0.2) is 13.9 Å².